The summed E-state index contributed by atoms with van der Waals surface area (Å²) in [6.45, 7) is 2.23. The van der Waals surface area contributed by atoms with E-state index in [1.807, 2.05) is 31.2 Å². The number of halogens is 5. The van der Waals surface area contributed by atoms with Crippen LogP contribution in [0.5, 0.6) is 0 Å². The number of H-pyrrole nitrogens is 1. The molecule has 0 radical (unpaired) electrons. The topological polar surface area (TPSA) is 43.1 Å². The van der Waals surface area contributed by atoms with Crippen LogP contribution in [0.25, 0.3) is 10.9 Å². The summed E-state index contributed by atoms with van der Waals surface area (Å²) in [6, 6.07) is 8.59. The summed E-state index contributed by atoms with van der Waals surface area (Å²) in [5.74, 6) is -1.59. The molecule has 0 fully saturated rings. The highest BCUT2D eigenvalue weighted by molar-refractivity contribution is 5.85. The molecule has 0 amide bonds. The summed E-state index contributed by atoms with van der Waals surface area (Å²) in [6.07, 6.45) is -1.74. The molecule has 0 saturated carbocycles. The van der Waals surface area contributed by atoms with Crippen LogP contribution in [0.15, 0.2) is 36.4 Å². The SMILES string of the molecule is C[C@@H]1Cc2c([nH]c3ccccc23)[C@@H](c2c(F)cc(NCCNCCCF)cc2F)N1CC(F)F. The van der Waals surface area contributed by atoms with Gasteiger partial charge >= 0.3 is 0 Å². The Morgan fingerprint density at radius 1 is 1.09 bits per heavy atom. The lowest BCUT2D eigenvalue weighted by Gasteiger charge is -2.41. The van der Waals surface area contributed by atoms with Gasteiger partial charge in [-0.15, -0.1) is 0 Å². The maximum Gasteiger partial charge on any atom is 0.251 e. The number of para-hydroxylation sites is 1. The lowest BCUT2D eigenvalue weighted by atomic mass is 9.88. The molecule has 1 aromatic heterocycles. The fourth-order valence-corrected chi connectivity index (χ4v) is 4.82. The number of anilines is 1. The minimum absolute atomic E-state index is 0.244. The molecule has 0 saturated heterocycles. The highest BCUT2D eigenvalue weighted by Gasteiger charge is 2.39. The van der Waals surface area contributed by atoms with Crippen LogP contribution in [0.4, 0.5) is 27.6 Å². The van der Waals surface area contributed by atoms with Crippen LogP contribution < -0.4 is 10.6 Å². The second-order valence-electron chi connectivity index (χ2n) is 8.68. The van der Waals surface area contributed by atoms with E-state index in [2.05, 4.69) is 15.6 Å². The van der Waals surface area contributed by atoms with Gasteiger partial charge in [0.15, 0.2) is 0 Å². The van der Waals surface area contributed by atoms with Gasteiger partial charge < -0.3 is 15.6 Å². The van der Waals surface area contributed by atoms with E-state index in [1.165, 1.54) is 17.0 Å². The molecule has 4 nitrogen and oxygen atoms in total. The Bertz CT molecular complexity index is 1090. The molecule has 3 N–H and O–H groups in total. The Morgan fingerprint density at radius 2 is 1.82 bits per heavy atom. The average molecular weight is 481 g/mol. The number of aromatic nitrogens is 1. The van der Waals surface area contributed by atoms with Crippen molar-refractivity contribution < 1.29 is 22.0 Å². The van der Waals surface area contributed by atoms with E-state index in [9.17, 15) is 13.2 Å². The molecular weight excluding hydrogens is 451 g/mol. The molecule has 0 bridgehead atoms. The van der Waals surface area contributed by atoms with Crippen molar-refractivity contribution in [2.75, 3.05) is 38.2 Å². The van der Waals surface area contributed by atoms with Crippen molar-refractivity contribution in [3.63, 3.8) is 0 Å². The Morgan fingerprint density at radius 3 is 2.53 bits per heavy atom. The fraction of sp³-hybridized carbons (Fsp3) is 0.440. The van der Waals surface area contributed by atoms with Gasteiger partial charge in [-0.2, -0.15) is 0 Å². The number of benzene rings is 2. The smallest absolute Gasteiger partial charge is 0.251 e. The zero-order valence-corrected chi connectivity index (χ0v) is 19.0. The molecule has 4 rings (SSSR count). The summed E-state index contributed by atoms with van der Waals surface area (Å²) < 4.78 is 69.9. The molecule has 0 unspecified atom stereocenters. The number of fused-ring (bicyclic) bond motifs is 3. The van der Waals surface area contributed by atoms with Crippen LogP contribution in [0.1, 0.15) is 36.2 Å². The van der Waals surface area contributed by atoms with Gasteiger partial charge in [0.05, 0.1) is 19.3 Å². The van der Waals surface area contributed by atoms with Gasteiger partial charge in [-0.3, -0.25) is 9.29 Å². The number of nitrogens with one attached hydrogen (secondary N) is 3. The number of hydrogen-bond acceptors (Lipinski definition) is 3. The number of aromatic amines is 1. The van der Waals surface area contributed by atoms with E-state index in [1.54, 1.807) is 0 Å². The van der Waals surface area contributed by atoms with Crippen molar-refractivity contribution in [3.05, 3.63) is 64.9 Å². The van der Waals surface area contributed by atoms with Crippen LogP contribution in [-0.4, -0.2) is 55.2 Å². The van der Waals surface area contributed by atoms with E-state index < -0.39 is 37.3 Å². The first kappa shape index (κ1) is 24.5. The van der Waals surface area contributed by atoms with Crippen LogP contribution in [0.3, 0.4) is 0 Å². The highest BCUT2D eigenvalue weighted by atomic mass is 19.3. The van der Waals surface area contributed by atoms with Crippen molar-refractivity contribution in [1.29, 1.82) is 0 Å². The lowest BCUT2D eigenvalue weighted by molar-refractivity contribution is 0.0438. The summed E-state index contributed by atoms with van der Waals surface area (Å²) in [4.78, 5) is 4.72. The van der Waals surface area contributed by atoms with Crippen molar-refractivity contribution in [1.82, 2.24) is 15.2 Å². The van der Waals surface area contributed by atoms with Gasteiger partial charge in [0, 0.05) is 47.0 Å². The van der Waals surface area contributed by atoms with Gasteiger partial charge in [0.25, 0.3) is 6.43 Å². The normalized spacial score (nSPS) is 18.6. The molecule has 2 atom stereocenters. The Hall–Kier alpha value is -2.65. The standard InChI is InChI=1S/C25H29F5N4/c1-15-11-18-17-5-2-3-6-21(17)33-24(18)25(34(15)14-22(29)30)23-19(27)12-16(13-20(23)28)32-10-9-31-8-4-7-26/h2-3,5-6,12-13,15,22,25,31-33H,4,7-11,14H2,1H3/t15-,25-/m1/s1. The summed E-state index contributed by atoms with van der Waals surface area (Å²) in [5.41, 5.74) is 2.27. The molecule has 3 aromatic rings. The van der Waals surface area contributed by atoms with Crippen LogP contribution >= 0.6 is 0 Å². The molecule has 2 heterocycles. The molecular formula is C25H29F5N4. The minimum Gasteiger partial charge on any atom is -0.384 e. The first-order valence-corrected chi connectivity index (χ1v) is 11.5. The van der Waals surface area contributed by atoms with Gasteiger partial charge in [-0.05, 0) is 50.1 Å². The fourth-order valence-electron chi connectivity index (χ4n) is 4.82. The Balaban J connectivity index is 1.68. The lowest BCUT2D eigenvalue weighted by Crippen LogP contribution is -2.45. The maximum absolute atomic E-state index is 15.4. The number of nitrogens with zero attached hydrogens (tertiary/aromatic N) is 1. The second kappa shape index (κ2) is 10.7. The van der Waals surface area contributed by atoms with Crippen molar-refractivity contribution in [2.45, 2.75) is 38.3 Å². The number of rotatable bonds is 10. The third-order valence-corrected chi connectivity index (χ3v) is 6.34. The molecule has 0 aliphatic carbocycles. The molecule has 9 heteroatoms. The Kier molecular flexibility index (Phi) is 7.73. The van der Waals surface area contributed by atoms with Crippen LogP contribution in [-0.2, 0) is 6.42 Å². The van der Waals surface area contributed by atoms with Gasteiger partial charge in [0.2, 0.25) is 0 Å². The maximum atomic E-state index is 15.4. The molecule has 1 aliphatic heterocycles. The summed E-state index contributed by atoms with van der Waals surface area (Å²) in [5, 5.41) is 6.91. The van der Waals surface area contributed by atoms with Gasteiger partial charge in [-0.25, -0.2) is 17.6 Å². The first-order valence-electron chi connectivity index (χ1n) is 11.5. The second-order valence-corrected chi connectivity index (χ2v) is 8.68. The molecule has 1 aliphatic rings. The number of alkyl halides is 3. The Labute approximate surface area is 195 Å². The van der Waals surface area contributed by atoms with Crippen LogP contribution in [0, 0.1) is 11.6 Å². The van der Waals surface area contributed by atoms with E-state index in [4.69, 9.17) is 0 Å². The van der Waals surface area contributed by atoms with E-state index in [0.29, 0.717) is 38.2 Å². The minimum atomic E-state index is -2.65. The monoisotopic (exact) mass is 480 g/mol. The molecule has 34 heavy (non-hydrogen) atoms. The zero-order valence-electron chi connectivity index (χ0n) is 19.0. The quantitative estimate of drug-likeness (QED) is 0.269. The van der Waals surface area contributed by atoms with Crippen molar-refractivity contribution >= 4 is 16.6 Å². The molecule has 184 valence electrons. The summed E-state index contributed by atoms with van der Waals surface area (Å²) in [7, 11) is 0. The largest absolute Gasteiger partial charge is 0.384 e. The molecule has 2 aromatic carbocycles. The van der Waals surface area contributed by atoms with Crippen molar-refractivity contribution in [2.24, 2.45) is 0 Å². The number of hydrogen-bond donors (Lipinski definition) is 3. The van der Waals surface area contributed by atoms with Gasteiger partial charge in [-0.1, -0.05) is 18.2 Å². The third kappa shape index (κ3) is 5.05. The molecule has 0 spiro atoms. The van der Waals surface area contributed by atoms with E-state index in [-0.39, 0.29) is 17.3 Å². The zero-order chi connectivity index (χ0) is 24.2. The first-order chi connectivity index (χ1) is 16.4. The highest BCUT2D eigenvalue weighted by Crippen LogP contribution is 2.43. The van der Waals surface area contributed by atoms with E-state index >= 15 is 8.78 Å². The third-order valence-electron chi connectivity index (χ3n) is 6.34. The van der Waals surface area contributed by atoms with Gasteiger partial charge in [0.1, 0.15) is 11.6 Å². The van der Waals surface area contributed by atoms with E-state index in [0.717, 1.165) is 16.5 Å². The average Bonchev–Trinajstić information content (AvgIpc) is 3.15. The summed E-state index contributed by atoms with van der Waals surface area (Å²) >= 11 is 0. The van der Waals surface area contributed by atoms with Crippen molar-refractivity contribution in [3.8, 4) is 0 Å². The van der Waals surface area contributed by atoms with Crippen LogP contribution in [0.2, 0.25) is 0 Å². The predicted molar refractivity (Wildman–Crippen MR) is 124 cm³/mol. The predicted octanol–water partition coefficient (Wildman–Crippen LogP) is 5.41.